The quantitative estimate of drug-likeness (QED) is 0.372. The van der Waals surface area contributed by atoms with Gasteiger partial charge in [-0.3, -0.25) is 4.90 Å². The first-order valence-corrected chi connectivity index (χ1v) is 12.8. The molecule has 1 aliphatic heterocycles. The highest BCUT2D eigenvalue weighted by Crippen LogP contribution is 2.25. The van der Waals surface area contributed by atoms with Gasteiger partial charge in [0.1, 0.15) is 11.5 Å². The van der Waals surface area contributed by atoms with Gasteiger partial charge in [0.15, 0.2) is 0 Å². The van der Waals surface area contributed by atoms with E-state index in [-0.39, 0.29) is 12.1 Å². The van der Waals surface area contributed by atoms with Gasteiger partial charge in [0, 0.05) is 43.7 Å². The third-order valence-corrected chi connectivity index (χ3v) is 6.93. The highest BCUT2D eigenvalue weighted by molar-refractivity contribution is 9.10. The number of ether oxygens (including phenoxy) is 1. The van der Waals surface area contributed by atoms with Gasteiger partial charge in [-0.1, -0.05) is 40.2 Å². The van der Waals surface area contributed by atoms with Gasteiger partial charge in [-0.05, 0) is 72.5 Å². The molecular formula is C28H30BrN3O4. The minimum absolute atomic E-state index is 0.0760. The molecule has 0 atom stereocenters. The number of benzene rings is 3. The highest BCUT2D eigenvalue weighted by atomic mass is 79.9. The minimum atomic E-state index is -0.914. The summed E-state index contributed by atoms with van der Waals surface area (Å²) in [4.78, 5) is 28.1. The molecule has 0 unspecified atom stereocenters. The van der Waals surface area contributed by atoms with Crippen LogP contribution >= 0.6 is 15.9 Å². The summed E-state index contributed by atoms with van der Waals surface area (Å²) in [6, 6.07) is 22.6. The fourth-order valence-electron chi connectivity index (χ4n) is 4.41. The molecule has 8 heteroatoms. The van der Waals surface area contributed by atoms with Crippen LogP contribution in [0.2, 0.25) is 0 Å². The Hall–Kier alpha value is -3.36. The van der Waals surface area contributed by atoms with Crippen LogP contribution in [0.25, 0.3) is 0 Å². The fourth-order valence-corrected chi connectivity index (χ4v) is 4.67. The smallest absolute Gasteiger partial charge is 0.335 e. The summed E-state index contributed by atoms with van der Waals surface area (Å²) in [7, 11) is 1.67. The first-order chi connectivity index (χ1) is 17.4. The third-order valence-electron chi connectivity index (χ3n) is 6.41. The predicted octanol–water partition coefficient (Wildman–Crippen LogP) is 5.75. The van der Waals surface area contributed by atoms with E-state index in [1.165, 1.54) is 0 Å². The zero-order valence-electron chi connectivity index (χ0n) is 20.2. The van der Waals surface area contributed by atoms with E-state index in [0.717, 1.165) is 59.6 Å². The monoisotopic (exact) mass is 551 g/mol. The van der Waals surface area contributed by atoms with Crippen molar-refractivity contribution in [2.75, 3.05) is 20.1 Å². The van der Waals surface area contributed by atoms with Gasteiger partial charge in [0.25, 0.3) is 0 Å². The van der Waals surface area contributed by atoms with Crippen LogP contribution in [0, 0.1) is 0 Å². The van der Waals surface area contributed by atoms with Crippen molar-refractivity contribution in [2.45, 2.75) is 32.0 Å². The number of carbonyl (C=O) groups is 2. The number of likely N-dealkylation sites (tertiary alicyclic amines) is 1. The summed E-state index contributed by atoms with van der Waals surface area (Å²) in [6.07, 6.45) is 1.76. The van der Waals surface area contributed by atoms with Crippen LogP contribution in [0.3, 0.4) is 0 Å². The Labute approximate surface area is 219 Å². The largest absolute Gasteiger partial charge is 0.478 e. The average Bonchev–Trinajstić information content (AvgIpc) is 2.90. The Morgan fingerprint density at radius 3 is 2.06 bits per heavy atom. The molecule has 0 aromatic heterocycles. The third kappa shape index (κ3) is 6.86. The van der Waals surface area contributed by atoms with Gasteiger partial charge in [0.05, 0.1) is 5.56 Å². The van der Waals surface area contributed by atoms with Crippen LogP contribution in [-0.4, -0.2) is 53.1 Å². The van der Waals surface area contributed by atoms with E-state index in [4.69, 9.17) is 9.84 Å². The van der Waals surface area contributed by atoms with Crippen molar-refractivity contribution in [2.24, 2.45) is 0 Å². The molecule has 36 heavy (non-hydrogen) atoms. The molecule has 7 nitrogen and oxygen atoms in total. The second kappa shape index (κ2) is 12.1. The zero-order chi connectivity index (χ0) is 25.5. The van der Waals surface area contributed by atoms with Crippen LogP contribution in [0.4, 0.5) is 4.79 Å². The predicted molar refractivity (Wildman–Crippen MR) is 142 cm³/mol. The van der Waals surface area contributed by atoms with E-state index in [0.29, 0.717) is 12.1 Å². The number of carboxylic acids is 1. The maximum atomic E-state index is 12.7. The lowest BCUT2D eigenvalue weighted by Crippen LogP contribution is -2.49. The molecule has 0 radical (unpaired) electrons. The lowest BCUT2D eigenvalue weighted by Gasteiger charge is -2.38. The number of hydrogen-bond acceptors (Lipinski definition) is 4. The number of nitrogens with one attached hydrogen (secondary N) is 1. The van der Waals surface area contributed by atoms with E-state index < -0.39 is 5.97 Å². The second-order valence-corrected chi connectivity index (χ2v) is 9.81. The van der Waals surface area contributed by atoms with E-state index in [2.05, 4.69) is 26.1 Å². The Bertz CT molecular complexity index is 1160. The number of rotatable bonds is 8. The number of carbonyl (C=O) groups excluding carboxylic acids is 1. The molecule has 2 amide bonds. The molecule has 3 aromatic rings. The molecule has 2 N–H and O–H groups in total. The minimum Gasteiger partial charge on any atom is -0.478 e. The van der Waals surface area contributed by atoms with Crippen LogP contribution in [0.15, 0.2) is 77.3 Å². The summed E-state index contributed by atoms with van der Waals surface area (Å²) in [5.74, 6) is 0.600. The number of amides is 2. The molecular weight excluding hydrogens is 522 g/mol. The van der Waals surface area contributed by atoms with Crippen LogP contribution in [-0.2, 0) is 13.1 Å². The van der Waals surface area contributed by atoms with E-state index in [1.807, 2.05) is 65.6 Å². The maximum absolute atomic E-state index is 12.7. The number of aromatic carboxylic acids is 1. The SMILES string of the molecule is CNC(=O)N(Cc1ccc(Oc2ccc(Br)cc2)cc1)C1CCN(Cc2ccc(C(=O)O)cc2)CC1. The van der Waals surface area contributed by atoms with Crippen molar-refractivity contribution < 1.29 is 19.4 Å². The van der Waals surface area contributed by atoms with Gasteiger partial charge in [0.2, 0.25) is 0 Å². The molecule has 4 rings (SSSR count). The van der Waals surface area contributed by atoms with E-state index in [1.54, 1.807) is 19.2 Å². The molecule has 1 heterocycles. The van der Waals surface area contributed by atoms with Gasteiger partial charge in [-0.15, -0.1) is 0 Å². The van der Waals surface area contributed by atoms with Crippen molar-refractivity contribution in [3.05, 3.63) is 94.0 Å². The molecule has 188 valence electrons. The van der Waals surface area contributed by atoms with Gasteiger partial charge >= 0.3 is 12.0 Å². The number of piperidine rings is 1. The molecule has 0 aliphatic carbocycles. The Morgan fingerprint density at radius 2 is 1.50 bits per heavy atom. The molecule has 0 spiro atoms. The zero-order valence-corrected chi connectivity index (χ0v) is 21.8. The number of nitrogens with zero attached hydrogens (tertiary/aromatic N) is 2. The summed E-state index contributed by atoms with van der Waals surface area (Å²) in [5, 5.41) is 11.9. The Morgan fingerprint density at radius 1 is 0.944 bits per heavy atom. The topological polar surface area (TPSA) is 82.1 Å². The summed E-state index contributed by atoms with van der Waals surface area (Å²) >= 11 is 3.42. The fraction of sp³-hybridized carbons (Fsp3) is 0.286. The number of urea groups is 1. The van der Waals surface area contributed by atoms with Crippen molar-refractivity contribution in [3.63, 3.8) is 0 Å². The van der Waals surface area contributed by atoms with Crippen molar-refractivity contribution >= 4 is 27.9 Å². The molecule has 0 bridgehead atoms. The first-order valence-electron chi connectivity index (χ1n) is 12.0. The van der Waals surface area contributed by atoms with Crippen molar-refractivity contribution in [1.29, 1.82) is 0 Å². The number of halogens is 1. The molecule has 3 aromatic carbocycles. The Balaban J connectivity index is 1.33. The van der Waals surface area contributed by atoms with Gasteiger partial charge in [-0.25, -0.2) is 9.59 Å². The summed E-state index contributed by atoms with van der Waals surface area (Å²) in [5.41, 5.74) is 2.43. The molecule has 1 aliphatic rings. The van der Waals surface area contributed by atoms with Gasteiger partial charge < -0.3 is 20.1 Å². The number of hydrogen-bond donors (Lipinski definition) is 2. The van der Waals surface area contributed by atoms with Crippen LogP contribution in [0.5, 0.6) is 11.5 Å². The van der Waals surface area contributed by atoms with E-state index >= 15 is 0 Å². The highest BCUT2D eigenvalue weighted by Gasteiger charge is 2.27. The van der Waals surface area contributed by atoms with E-state index in [9.17, 15) is 9.59 Å². The van der Waals surface area contributed by atoms with Crippen LogP contribution < -0.4 is 10.1 Å². The summed E-state index contributed by atoms with van der Waals surface area (Å²) in [6.45, 7) is 3.05. The average molecular weight is 552 g/mol. The van der Waals surface area contributed by atoms with Gasteiger partial charge in [-0.2, -0.15) is 0 Å². The standard InChI is InChI=1S/C28H30BrN3O4/c1-30-28(35)32(19-21-4-10-25(11-5-21)36-26-12-8-23(29)9-13-26)24-14-16-31(17-15-24)18-20-2-6-22(7-3-20)27(33)34/h2-13,24H,14-19H2,1H3,(H,30,35)(H,33,34). The normalized spacial score (nSPS) is 14.3. The lowest BCUT2D eigenvalue weighted by molar-refractivity contribution is 0.0696. The lowest BCUT2D eigenvalue weighted by atomic mass is 10.0. The second-order valence-electron chi connectivity index (χ2n) is 8.89. The summed E-state index contributed by atoms with van der Waals surface area (Å²) < 4.78 is 6.91. The Kier molecular flexibility index (Phi) is 8.61. The molecule has 1 saturated heterocycles. The van der Waals surface area contributed by atoms with Crippen molar-refractivity contribution in [3.8, 4) is 11.5 Å². The maximum Gasteiger partial charge on any atom is 0.335 e. The molecule has 1 fully saturated rings. The number of carboxylic acid groups (broad SMARTS) is 1. The van der Waals surface area contributed by atoms with Crippen LogP contribution in [0.1, 0.15) is 34.3 Å². The molecule has 0 saturated carbocycles. The first kappa shape index (κ1) is 25.7. The van der Waals surface area contributed by atoms with Crippen molar-refractivity contribution in [1.82, 2.24) is 15.1 Å².